The molecule has 1 aromatic heterocycles. The Morgan fingerprint density at radius 3 is 2.78 bits per heavy atom. The molecule has 0 aliphatic heterocycles. The van der Waals surface area contributed by atoms with Crippen LogP contribution >= 0.6 is 23.2 Å². The molecule has 2 aromatic carbocycles. The second-order valence-electron chi connectivity index (χ2n) is 5.43. The molecule has 0 saturated carbocycles. The number of halogens is 2. The van der Waals surface area contributed by atoms with E-state index < -0.39 is 5.91 Å². The second-order valence-corrected chi connectivity index (χ2v) is 6.24. The average molecular weight is 405 g/mol. The molecule has 3 aromatic rings. The first-order chi connectivity index (χ1) is 13.0. The molecule has 0 spiro atoms. The number of benzene rings is 2. The zero-order valence-corrected chi connectivity index (χ0v) is 15.5. The van der Waals surface area contributed by atoms with Gasteiger partial charge in [-0.2, -0.15) is 10.2 Å². The summed E-state index contributed by atoms with van der Waals surface area (Å²) in [7, 11) is 1.45. The third kappa shape index (κ3) is 4.39. The van der Waals surface area contributed by atoms with Crippen molar-refractivity contribution >= 4 is 35.3 Å². The Balaban J connectivity index is 1.68. The van der Waals surface area contributed by atoms with Gasteiger partial charge in [0.25, 0.3) is 5.91 Å². The van der Waals surface area contributed by atoms with Gasteiger partial charge in [-0.3, -0.25) is 9.89 Å². The lowest BCUT2D eigenvalue weighted by Crippen LogP contribution is -2.18. The molecule has 0 unspecified atom stereocenters. The van der Waals surface area contributed by atoms with Gasteiger partial charge in [-0.1, -0.05) is 29.3 Å². The van der Waals surface area contributed by atoms with Gasteiger partial charge in [0.15, 0.2) is 11.5 Å². The molecule has 0 bridgehead atoms. The second kappa shape index (κ2) is 8.11. The van der Waals surface area contributed by atoms with Gasteiger partial charge in [0.2, 0.25) is 0 Å². The van der Waals surface area contributed by atoms with Crippen LogP contribution in [0.3, 0.4) is 0 Å². The van der Waals surface area contributed by atoms with Gasteiger partial charge in [0.05, 0.1) is 29.1 Å². The highest BCUT2D eigenvalue weighted by atomic mass is 35.5. The summed E-state index contributed by atoms with van der Waals surface area (Å²) in [6.07, 6.45) is 1.43. The molecule has 1 heterocycles. The maximum Gasteiger partial charge on any atom is 0.289 e. The minimum absolute atomic E-state index is 0.0194. The Hall–Kier alpha value is -3.03. The predicted molar refractivity (Wildman–Crippen MR) is 104 cm³/mol. The molecule has 27 heavy (non-hydrogen) atoms. The molecule has 0 atom stereocenters. The molecular weight excluding hydrogens is 391 g/mol. The number of hydrogen-bond acceptors (Lipinski definition) is 5. The lowest BCUT2D eigenvalue weighted by molar-refractivity contribution is 0.0950. The molecular formula is C18H14Cl2N4O3. The minimum atomic E-state index is -0.462. The normalized spacial score (nSPS) is 10.9. The summed E-state index contributed by atoms with van der Waals surface area (Å²) in [6, 6.07) is 11.3. The topological polar surface area (TPSA) is 99.6 Å². The SMILES string of the molecule is COc1cc(C=NNC(=O)c2cc(-c3ccc(Cl)c(Cl)c3)n[nH]2)ccc1O. The number of rotatable bonds is 5. The number of phenolic OH excluding ortho intramolecular Hbond substituents is 1. The minimum Gasteiger partial charge on any atom is -0.504 e. The summed E-state index contributed by atoms with van der Waals surface area (Å²) in [4.78, 5) is 12.2. The maximum absolute atomic E-state index is 12.2. The van der Waals surface area contributed by atoms with Gasteiger partial charge in [-0.15, -0.1) is 0 Å². The smallest absolute Gasteiger partial charge is 0.289 e. The third-order valence-electron chi connectivity index (χ3n) is 3.62. The van der Waals surface area contributed by atoms with Crippen molar-refractivity contribution < 1.29 is 14.6 Å². The highest BCUT2D eigenvalue weighted by Crippen LogP contribution is 2.28. The largest absolute Gasteiger partial charge is 0.504 e. The van der Waals surface area contributed by atoms with Crippen LogP contribution in [0.4, 0.5) is 0 Å². The average Bonchev–Trinajstić information content (AvgIpc) is 3.15. The molecule has 0 aliphatic carbocycles. The molecule has 0 radical (unpaired) electrons. The summed E-state index contributed by atoms with van der Waals surface area (Å²) in [5.74, 6) is -0.133. The lowest BCUT2D eigenvalue weighted by atomic mass is 10.1. The third-order valence-corrected chi connectivity index (χ3v) is 4.36. The van der Waals surface area contributed by atoms with Gasteiger partial charge in [-0.25, -0.2) is 5.43 Å². The Labute approximate surface area is 164 Å². The van der Waals surface area contributed by atoms with Crippen molar-refractivity contribution in [2.24, 2.45) is 5.10 Å². The van der Waals surface area contributed by atoms with E-state index in [1.165, 1.54) is 19.4 Å². The van der Waals surface area contributed by atoms with E-state index in [0.717, 1.165) is 5.56 Å². The van der Waals surface area contributed by atoms with Crippen LogP contribution < -0.4 is 10.2 Å². The molecule has 0 fully saturated rings. The molecule has 0 aliphatic rings. The van der Waals surface area contributed by atoms with E-state index >= 15 is 0 Å². The first-order valence-electron chi connectivity index (χ1n) is 7.69. The summed E-state index contributed by atoms with van der Waals surface area (Å²) < 4.78 is 5.01. The first kappa shape index (κ1) is 18.8. The Bertz CT molecular complexity index is 1020. The Kier molecular flexibility index (Phi) is 5.63. The number of H-pyrrole nitrogens is 1. The van der Waals surface area contributed by atoms with Crippen LogP contribution in [0.15, 0.2) is 47.6 Å². The molecule has 138 valence electrons. The number of aromatic hydroxyl groups is 1. The summed E-state index contributed by atoms with van der Waals surface area (Å²) in [5, 5.41) is 21.0. The van der Waals surface area contributed by atoms with E-state index in [1.807, 2.05) is 0 Å². The number of amides is 1. The number of phenols is 1. The number of hydrogen-bond donors (Lipinski definition) is 3. The number of carbonyl (C=O) groups excluding carboxylic acids is 1. The van der Waals surface area contributed by atoms with Crippen LogP contribution in [0.2, 0.25) is 10.0 Å². The van der Waals surface area contributed by atoms with Crippen LogP contribution in [0.1, 0.15) is 16.1 Å². The number of aromatic nitrogens is 2. The quantitative estimate of drug-likeness (QED) is 0.443. The van der Waals surface area contributed by atoms with E-state index in [-0.39, 0.29) is 11.4 Å². The number of hydrazone groups is 1. The Morgan fingerprint density at radius 2 is 2.04 bits per heavy atom. The van der Waals surface area contributed by atoms with Crippen molar-refractivity contribution in [3.05, 3.63) is 63.8 Å². The molecule has 1 amide bonds. The van der Waals surface area contributed by atoms with E-state index in [0.29, 0.717) is 27.1 Å². The van der Waals surface area contributed by atoms with Gasteiger partial charge in [0.1, 0.15) is 5.69 Å². The zero-order chi connectivity index (χ0) is 19.4. The maximum atomic E-state index is 12.2. The van der Waals surface area contributed by atoms with Crippen molar-refractivity contribution in [1.82, 2.24) is 15.6 Å². The number of aromatic amines is 1. The van der Waals surface area contributed by atoms with E-state index in [2.05, 4.69) is 20.7 Å². The fraction of sp³-hybridized carbons (Fsp3) is 0.0556. The van der Waals surface area contributed by atoms with Gasteiger partial charge >= 0.3 is 0 Å². The number of ether oxygens (including phenoxy) is 1. The fourth-order valence-corrected chi connectivity index (χ4v) is 2.54. The van der Waals surface area contributed by atoms with Crippen LogP contribution in [-0.2, 0) is 0 Å². The lowest BCUT2D eigenvalue weighted by Gasteiger charge is -2.03. The van der Waals surface area contributed by atoms with Gasteiger partial charge < -0.3 is 9.84 Å². The zero-order valence-electron chi connectivity index (χ0n) is 14.0. The fourth-order valence-electron chi connectivity index (χ4n) is 2.24. The monoisotopic (exact) mass is 404 g/mol. The standard InChI is InChI=1S/C18H14Cl2N4O3/c1-27-17-6-10(2-5-16(17)25)9-21-24-18(26)15-8-14(22-23-15)11-3-4-12(19)13(20)7-11/h2-9,25H,1H3,(H,22,23)(H,24,26). The van der Waals surface area contributed by atoms with Crippen molar-refractivity contribution in [3.8, 4) is 22.8 Å². The van der Waals surface area contributed by atoms with Gasteiger partial charge in [-0.05, 0) is 42.0 Å². The van der Waals surface area contributed by atoms with Crippen LogP contribution in [0.5, 0.6) is 11.5 Å². The van der Waals surface area contributed by atoms with Gasteiger partial charge in [0, 0.05) is 5.56 Å². The van der Waals surface area contributed by atoms with Crippen molar-refractivity contribution in [3.63, 3.8) is 0 Å². The van der Waals surface area contributed by atoms with Crippen molar-refractivity contribution in [2.45, 2.75) is 0 Å². The number of carbonyl (C=O) groups is 1. The van der Waals surface area contributed by atoms with E-state index in [4.69, 9.17) is 27.9 Å². The first-order valence-corrected chi connectivity index (χ1v) is 8.45. The van der Waals surface area contributed by atoms with Crippen LogP contribution in [-0.4, -0.2) is 34.5 Å². The molecule has 3 N–H and O–H groups in total. The highest BCUT2D eigenvalue weighted by molar-refractivity contribution is 6.42. The number of nitrogens with one attached hydrogen (secondary N) is 2. The summed E-state index contributed by atoms with van der Waals surface area (Å²) >= 11 is 11.9. The van der Waals surface area contributed by atoms with Crippen LogP contribution in [0.25, 0.3) is 11.3 Å². The van der Waals surface area contributed by atoms with E-state index in [9.17, 15) is 9.90 Å². The summed E-state index contributed by atoms with van der Waals surface area (Å²) in [5.41, 5.74) is 4.54. The molecule has 0 saturated heterocycles. The van der Waals surface area contributed by atoms with E-state index in [1.54, 1.807) is 36.4 Å². The van der Waals surface area contributed by atoms with Crippen molar-refractivity contribution in [1.29, 1.82) is 0 Å². The number of nitrogens with zero attached hydrogens (tertiary/aromatic N) is 2. The Morgan fingerprint density at radius 1 is 1.22 bits per heavy atom. The van der Waals surface area contributed by atoms with Crippen molar-refractivity contribution in [2.75, 3.05) is 7.11 Å². The van der Waals surface area contributed by atoms with Crippen LogP contribution in [0, 0.1) is 0 Å². The highest BCUT2D eigenvalue weighted by Gasteiger charge is 2.11. The summed E-state index contributed by atoms with van der Waals surface area (Å²) in [6.45, 7) is 0. The molecule has 7 nitrogen and oxygen atoms in total. The molecule has 3 rings (SSSR count). The number of methoxy groups -OCH3 is 1. The predicted octanol–water partition coefficient (Wildman–Crippen LogP) is 3.86. The molecule has 9 heteroatoms.